The van der Waals surface area contributed by atoms with Gasteiger partial charge in [-0.25, -0.2) is 0 Å². The van der Waals surface area contributed by atoms with Gasteiger partial charge < -0.3 is 19.8 Å². The molecule has 1 unspecified atom stereocenters. The molecule has 1 atom stereocenters. The molecule has 22 heavy (non-hydrogen) atoms. The molecule has 1 amide bonds. The molecule has 0 spiro atoms. The molecule has 6 nitrogen and oxygen atoms in total. The van der Waals surface area contributed by atoms with Crippen molar-refractivity contribution in [1.29, 1.82) is 0 Å². The van der Waals surface area contributed by atoms with Crippen LogP contribution in [0, 0.1) is 0 Å². The molecule has 2 N–H and O–H groups in total. The van der Waals surface area contributed by atoms with E-state index in [4.69, 9.17) is 9.84 Å². The molecule has 1 aromatic rings. The summed E-state index contributed by atoms with van der Waals surface area (Å²) >= 11 is 0. The SMILES string of the molecule is COc1ccc(O)c(C(=O)N2CCCCC2CCC(=O)O)c1. The Bertz CT molecular complexity index is 557. The van der Waals surface area contributed by atoms with E-state index in [-0.39, 0.29) is 29.7 Å². The molecule has 6 heteroatoms. The molecule has 0 saturated carbocycles. The maximum Gasteiger partial charge on any atom is 0.303 e. The average molecular weight is 307 g/mol. The van der Waals surface area contributed by atoms with Gasteiger partial charge in [0.2, 0.25) is 0 Å². The molecule has 0 aliphatic carbocycles. The lowest BCUT2D eigenvalue weighted by atomic mass is 9.96. The lowest BCUT2D eigenvalue weighted by Crippen LogP contribution is -2.44. The number of rotatable bonds is 5. The van der Waals surface area contributed by atoms with Crippen LogP contribution in [0.1, 0.15) is 42.5 Å². The number of nitrogens with zero attached hydrogens (tertiary/aromatic N) is 1. The molecule has 1 saturated heterocycles. The third-order valence-corrected chi connectivity index (χ3v) is 4.01. The quantitative estimate of drug-likeness (QED) is 0.871. The first-order valence-electron chi connectivity index (χ1n) is 7.42. The smallest absolute Gasteiger partial charge is 0.303 e. The third kappa shape index (κ3) is 3.69. The number of phenols is 1. The van der Waals surface area contributed by atoms with Crippen LogP contribution < -0.4 is 4.74 Å². The zero-order chi connectivity index (χ0) is 16.1. The highest BCUT2D eigenvalue weighted by atomic mass is 16.5. The maximum atomic E-state index is 12.7. The topological polar surface area (TPSA) is 87.1 Å². The first-order chi connectivity index (χ1) is 10.5. The Balaban J connectivity index is 2.19. The highest BCUT2D eigenvalue weighted by Crippen LogP contribution is 2.28. The number of hydrogen-bond acceptors (Lipinski definition) is 4. The van der Waals surface area contributed by atoms with E-state index in [1.165, 1.54) is 19.2 Å². The van der Waals surface area contributed by atoms with Gasteiger partial charge in [0.15, 0.2) is 0 Å². The van der Waals surface area contributed by atoms with Crippen molar-refractivity contribution in [2.75, 3.05) is 13.7 Å². The van der Waals surface area contributed by atoms with Crippen molar-refractivity contribution in [3.63, 3.8) is 0 Å². The fourth-order valence-corrected chi connectivity index (χ4v) is 2.83. The zero-order valence-electron chi connectivity index (χ0n) is 12.6. The maximum absolute atomic E-state index is 12.7. The van der Waals surface area contributed by atoms with E-state index in [0.717, 1.165) is 19.3 Å². The minimum atomic E-state index is -0.859. The Kier molecular flexibility index (Phi) is 5.25. The van der Waals surface area contributed by atoms with Crippen LogP contribution in [0.2, 0.25) is 0 Å². The van der Waals surface area contributed by atoms with E-state index < -0.39 is 5.97 Å². The van der Waals surface area contributed by atoms with Gasteiger partial charge in [0.1, 0.15) is 11.5 Å². The molecule has 1 aliphatic heterocycles. The van der Waals surface area contributed by atoms with Gasteiger partial charge in [0, 0.05) is 19.0 Å². The summed E-state index contributed by atoms with van der Waals surface area (Å²) in [6, 6.07) is 4.44. The van der Waals surface area contributed by atoms with Gasteiger partial charge in [-0.2, -0.15) is 0 Å². The second-order valence-corrected chi connectivity index (χ2v) is 5.46. The van der Waals surface area contributed by atoms with Crippen molar-refractivity contribution in [3.05, 3.63) is 23.8 Å². The molecule has 0 aromatic heterocycles. The number of ether oxygens (including phenoxy) is 1. The van der Waals surface area contributed by atoms with Gasteiger partial charge in [-0.1, -0.05) is 0 Å². The standard InChI is InChI=1S/C16H21NO5/c1-22-12-6-7-14(18)13(10-12)16(21)17-9-3-2-4-11(17)5-8-15(19)20/h6-7,10-11,18H,2-5,8-9H2,1H3,(H,19,20). The van der Waals surface area contributed by atoms with E-state index in [1.54, 1.807) is 11.0 Å². The van der Waals surface area contributed by atoms with Gasteiger partial charge in [-0.3, -0.25) is 9.59 Å². The van der Waals surface area contributed by atoms with Gasteiger partial charge in [-0.05, 0) is 43.9 Å². The van der Waals surface area contributed by atoms with Crippen molar-refractivity contribution in [3.8, 4) is 11.5 Å². The van der Waals surface area contributed by atoms with Crippen molar-refractivity contribution in [2.45, 2.75) is 38.1 Å². The summed E-state index contributed by atoms with van der Waals surface area (Å²) in [6.07, 6.45) is 3.15. The Morgan fingerprint density at radius 2 is 2.14 bits per heavy atom. The van der Waals surface area contributed by atoms with E-state index in [0.29, 0.717) is 18.7 Å². The number of carbonyl (C=O) groups excluding carboxylic acids is 1. The highest BCUT2D eigenvalue weighted by Gasteiger charge is 2.29. The van der Waals surface area contributed by atoms with E-state index in [1.807, 2.05) is 0 Å². The average Bonchev–Trinajstić information content (AvgIpc) is 2.53. The fourth-order valence-electron chi connectivity index (χ4n) is 2.83. The summed E-state index contributed by atoms with van der Waals surface area (Å²) in [5, 5.41) is 18.8. The number of aromatic hydroxyl groups is 1. The summed E-state index contributed by atoms with van der Waals surface area (Å²) < 4.78 is 5.09. The summed E-state index contributed by atoms with van der Waals surface area (Å²) in [4.78, 5) is 25.2. The molecule has 1 heterocycles. The van der Waals surface area contributed by atoms with E-state index in [2.05, 4.69) is 0 Å². The molecule has 0 radical (unpaired) electrons. The van der Waals surface area contributed by atoms with Crippen LogP contribution in [0.25, 0.3) is 0 Å². The number of piperidine rings is 1. The zero-order valence-corrected chi connectivity index (χ0v) is 12.6. The predicted octanol–water partition coefficient (Wildman–Crippen LogP) is 2.26. The van der Waals surface area contributed by atoms with Gasteiger partial charge in [0.25, 0.3) is 5.91 Å². The van der Waals surface area contributed by atoms with Crippen molar-refractivity contribution < 1.29 is 24.5 Å². The second-order valence-electron chi connectivity index (χ2n) is 5.46. The van der Waals surface area contributed by atoms with Crippen LogP contribution in [-0.2, 0) is 4.79 Å². The number of hydrogen-bond donors (Lipinski definition) is 2. The number of methoxy groups -OCH3 is 1. The molecular formula is C16H21NO5. The summed E-state index contributed by atoms with van der Waals surface area (Å²) in [6.45, 7) is 0.583. The fraction of sp³-hybridized carbons (Fsp3) is 0.500. The molecular weight excluding hydrogens is 286 g/mol. The number of amides is 1. The summed E-state index contributed by atoms with van der Waals surface area (Å²) in [5.41, 5.74) is 0.196. The normalized spacial score (nSPS) is 18.0. The van der Waals surface area contributed by atoms with E-state index >= 15 is 0 Å². The molecule has 120 valence electrons. The number of carbonyl (C=O) groups is 2. The number of benzene rings is 1. The number of aliphatic carboxylic acids is 1. The van der Waals surface area contributed by atoms with Crippen LogP contribution in [0.3, 0.4) is 0 Å². The van der Waals surface area contributed by atoms with Crippen molar-refractivity contribution in [2.24, 2.45) is 0 Å². The molecule has 1 aliphatic rings. The molecule has 0 bridgehead atoms. The Hall–Kier alpha value is -2.24. The highest BCUT2D eigenvalue weighted by molar-refractivity contribution is 5.97. The van der Waals surface area contributed by atoms with Crippen LogP contribution in [0.5, 0.6) is 11.5 Å². The Labute approximate surface area is 129 Å². The van der Waals surface area contributed by atoms with Crippen LogP contribution >= 0.6 is 0 Å². The Morgan fingerprint density at radius 1 is 1.36 bits per heavy atom. The molecule has 1 fully saturated rings. The lowest BCUT2D eigenvalue weighted by Gasteiger charge is -2.36. The van der Waals surface area contributed by atoms with Gasteiger partial charge in [0.05, 0.1) is 12.7 Å². The number of carboxylic acid groups (broad SMARTS) is 1. The van der Waals surface area contributed by atoms with Crippen LogP contribution in [0.15, 0.2) is 18.2 Å². The number of carboxylic acids is 1. The van der Waals surface area contributed by atoms with Gasteiger partial charge >= 0.3 is 5.97 Å². The lowest BCUT2D eigenvalue weighted by molar-refractivity contribution is -0.137. The van der Waals surface area contributed by atoms with Crippen molar-refractivity contribution in [1.82, 2.24) is 4.90 Å². The summed E-state index contributed by atoms with van der Waals surface area (Å²) in [7, 11) is 1.50. The minimum absolute atomic E-state index is 0.0402. The van der Waals surface area contributed by atoms with Crippen molar-refractivity contribution >= 4 is 11.9 Å². The predicted molar refractivity (Wildman–Crippen MR) is 80.2 cm³/mol. The largest absolute Gasteiger partial charge is 0.507 e. The molecule has 2 rings (SSSR count). The number of phenolic OH excluding ortho intramolecular Hbond substituents is 1. The first kappa shape index (κ1) is 16.1. The summed E-state index contributed by atoms with van der Waals surface area (Å²) in [5.74, 6) is -0.720. The first-order valence-corrected chi connectivity index (χ1v) is 7.42. The van der Waals surface area contributed by atoms with E-state index in [9.17, 15) is 14.7 Å². The third-order valence-electron chi connectivity index (χ3n) is 4.01. The minimum Gasteiger partial charge on any atom is -0.507 e. The monoisotopic (exact) mass is 307 g/mol. The Morgan fingerprint density at radius 3 is 2.82 bits per heavy atom. The van der Waals surface area contributed by atoms with Gasteiger partial charge in [-0.15, -0.1) is 0 Å². The second kappa shape index (κ2) is 7.15. The molecule has 1 aromatic carbocycles. The van der Waals surface area contributed by atoms with Crippen LogP contribution in [-0.4, -0.2) is 46.7 Å². The number of likely N-dealkylation sites (tertiary alicyclic amines) is 1. The van der Waals surface area contributed by atoms with Crippen LogP contribution in [0.4, 0.5) is 0 Å².